The maximum atomic E-state index is 6.72. The van der Waals surface area contributed by atoms with Crippen LogP contribution in [0.5, 0.6) is 0 Å². The van der Waals surface area contributed by atoms with E-state index in [0.717, 1.165) is 21.5 Å². The van der Waals surface area contributed by atoms with E-state index >= 15 is 0 Å². The van der Waals surface area contributed by atoms with Gasteiger partial charge in [0.15, 0.2) is 0 Å². The van der Waals surface area contributed by atoms with Crippen LogP contribution in [0.15, 0.2) is 139 Å². The number of rotatable bonds is 7. The standard InChI is InChI=1S/C52H55Cl3/c1-50(2,3)47-30-43-44-31-48(51(4,5)6)42(35-18-24-39(54)25-19-35)29-46(44)49(45(43)28-41(47)34-16-22-38(53)23-17-34)52(36-14-10-11-15-36,32-33-12-8-7-9-13-33)37-20-26-40(55)27-21-37/h7-9,12-13,16-31,36,43-46,49H,10-11,14-15,32H2,1-6H3. The zero-order chi connectivity index (χ0) is 38.7. The first-order valence-corrected chi connectivity index (χ1v) is 21.6. The lowest BCUT2D eigenvalue weighted by Gasteiger charge is -2.50. The van der Waals surface area contributed by atoms with Gasteiger partial charge in [-0.25, -0.2) is 0 Å². The van der Waals surface area contributed by atoms with Crippen molar-refractivity contribution >= 4 is 45.9 Å². The van der Waals surface area contributed by atoms with Gasteiger partial charge in [0.2, 0.25) is 0 Å². The average molecular weight is 786 g/mol. The SMILES string of the molecule is CC(C)(C)C1=CC2C3C=C(C(C)(C)C)C(c4ccc(Cl)cc4)=CC3C(C(Cc3ccccc3)(c3ccc(Cl)cc3)C3CCCC3)C2C=C1c1ccc(Cl)cc1. The monoisotopic (exact) mass is 784 g/mol. The highest BCUT2D eigenvalue weighted by Gasteiger charge is 2.60. The smallest absolute Gasteiger partial charge is 0.0406 e. The van der Waals surface area contributed by atoms with Gasteiger partial charge in [0.1, 0.15) is 0 Å². The third-order valence-corrected chi connectivity index (χ3v) is 14.3. The van der Waals surface area contributed by atoms with Crippen LogP contribution in [-0.2, 0) is 11.8 Å². The Balaban J connectivity index is 1.45. The first-order chi connectivity index (χ1) is 26.2. The molecule has 4 aliphatic carbocycles. The summed E-state index contributed by atoms with van der Waals surface area (Å²) in [5.74, 6) is 2.19. The Hall–Kier alpha value is -3.29. The Morgan fingerprint density at radius 3 is 1.33 bits per heavy atom. The maximum Gasteiger partial charge on any atom is 0.0406 e. The molecular weight excluding hydrogens is 731 g/mol. The van der Waals surface area contributed by atoms with Gasteiger partial charge < -0.3 is 0 Å². The molecule has 2 fully saturated rings. The minimum Gasteiger partial charge on any atom is -0.0843 e. The number of halogens is 3. The van der Waals surface area contributed by atoms with Crippen molar-refractivity contribution in [2.45, 2.75) is 79.1 Å². The predicted octanol–water partition coefficient (Wildman–Crippen LogP) is 15.6. The second kappa shape index (κ2) is 14.9. The predicted molar refractivity (Wildman–Crippen MR) is 237 cm³/mol. The van der Waals surface area contributed by atoms with Crippen LogP contribution < -0.4 is 0 Å². The molecule has 0 amide bonds. The fourth-order valence-electron chi connectivity index (χ4n) is 11.2. The molecule has 0 saturated heterocycles. The molecule has 284 valence electrons. The van der Waals surface area contributed by atoms with E-state index in [4.69, 9.17) is 34.8 Å². The third-order valence-electron chi connectivity index (χ3n) is 13.5. The van der Waals surface area contributed by atoms with E-state index in [9.17, 15) is 0 Å². The molecule has 0 radical (unpaired) electrons. The number of allylic oxidation sites excluding steroid dienone is 8. The minimum absolute atomic E-state index is 0.0394. The molecule has 4 aliphatic rings. The highest BCUT2D eigenvalue weighted by molar-refractivity contribution is 6.31. The van der Waals surface area contributed by atoms with Crippen molar-refractivity contribution in [3.05, 3.63) is 176 Å². The molecule has 0 spiro atoms. The molecule has 0 aromatic heterocycles. The topological polar surface area (TPSA) is 0 Å². The zero-order valence-electron chi connectivity index (χ0n) is 33.3. The summed E-state index contributed by atoms with van der Waals surface area (Å²) in [4.78, 5) is 0. The zero-order valence-corrected chi connectivity index (χ0v) is 35.5. The summed E-state index contributed by atoms with van der Waals surface area (Å²) in [5, 5.41) is 2.34. The van der Waals surface area contributed by atoms with Crippen molar-refractivity contribution in [1.29, 1.82) is 0 Å². The van der Waals surface area contributed by atoms with Crippen molar-refractivity contribution in [1.82, 2.24) is 0 Å². The van der Waals surface area contributed by atoms with Crippen LogP contribution in [0.3, 0.4) is 0 Å². The van der Waals surface area contributed by atoms with Crippen LogP contribution in [0, 0.1) is 46.3 Å². The second-order valence-corrected chi connectivity index (χ2v) is 20.2. The Labute approximate surface area is 345 Å². The fraction of sp³-hybridized carbons (Fsp3) is 0.385. The second-order valence-electron chi connectivity index (χ2n) is 18.9. The summed E-state index contributed by atoms with van der Waals surface area (Å²) in [6, 6.07) is 37.6. The maximum absolute atomic E-state index is 6.72. The Morgan fingerprint density at radius 1 is 0.491 bits per heavy atom. The lowest BCUT2D eigenvalue weighted by Crippen LogP contribution is -2.48. The number of fused-ring (bicyclic) bond motifs is 3. The van der Waals surface area contributed by atoms with Crippen LogP contribution in [0.2, 0.25) is 15.1 Å². The van der Waals surface area contributed by atoms with Crippen molar-refractivity contribution in [3.8, 4) is 0 Å². The summed E-state index contributed by atoms with van der Waals surface area (Å²) in [6.07, 6.45) is 17.0. The summed E-state index contributed by atoms with van der Waals surface area (Å²) in [7, 11) is 0. The van der Waals surface area contributed by atoms with Gasteiger partial charge in [-0.1, -0.05) is 180 Å². The van der Waals surface area contributed by atoms with Gasteiger partial charge in [-0.05, 0) is 147 Å². The lowest BCUT2D eigenvalue weighted by molar-refractivity contribution is 0.118. The normalized spacial score (nSPS) is 25.3. The molecule has 2 saturated carbocycles. The van der Waals surface area contributed by atoms with E-state index in [1.807, 2.05) is 0 Å². The lowest BCUT2D eigenvalue weighted by atomic mass is 9.53. The quantitative estimate of drug-likeness (QED) is 0.175. The number of hydrogen-bond acceptors (Lipinski definition) is 0. The largest absolute Gasteiger partial charge is 0.0843 e. The van der Waals surface area contributed by atoms with E-state index < -0.39 is 0 Å². The van der Waals surface area contributed by atoms with Crippen LogP contribution in [0.25, 0.3) is 11.1 Å². The third kappa shape index (κ3) is 7.26. The van der Waals surface area contributed by atoms with E-state index in [-0.39, 0.29) is 16.2 Å². The summed E-state index contributed by atoms with van der Waals surface area (Å²) in [5.41, 5.74) is 10.8. The molecular formula is C52H55Cl3. The Kier molecular flexibility index (Phi) is 10.5. The van der Waals surface area contributed by atoms with Crippen LogP contribution >= 0.6 is 34.8 Å². The molecule has 0 bridgehead atoms. The Bertz CT molecular complexity index is 2030. The molecule has 0 heterocycles. The molecule has 0 N–H and O–H groups in total. The molecule has 55 heavy (non-hydrogen) atoms. The summed E-state index contributed by atoms with van der Waals surface area (Å²) in [6.45, 7) is 14.3. The van der Waals surface area contributed by atoms with Gasteiger partial charge in [0.25, 0.3) is 0 Å². The number of benzene rings is 4. The van der Waals surface area contributed by atoms with Crippen molar-refractivity contribution in [2.24, 2.45) is 46.3 Å². The van der Waals surface area contributed by atoms with Crippen molar-refractivity contribution < 1.29 is 0 Å². The van der Waals surface area contributed by atoms with Gasteiger partial charge in [-0.3, -0.25) is 0 Å². The van der Waals surface area contributed by atoms with Crippen molar-refractivity contribution in [2.75, 3.05) is 0 Å². The molecule has 3 heteroatoms. The highest BCUT2D eigenvalue weighted by atomic mass is 35.5. The van der Waals surface area contributed by atoms with Gasteiger partial charge in [0, 0.05) is 20.5 Å². The van der Waals surface area contributed by atoms with Gasteiger partial charge in [0.05, 0.1) is 0 Å². The van der Waals surface area contributed by atoms with Gasteiger partial charge in [-0.15, -0.1) is 0 Å². The highest BCUT2D eigenvalue weighted by Crippen LogP contribution is 2.66. The fourth-order valence-corrected chi connectivity index (χ4v) is 11.6. The minimum atomic E-state index is -0.131. The van der Waals surface area contributed by atoms with Crippen LogP contribution in [-0.4, -0.2) is 0 Å². The van der Waals surface area contributed by atoms with E-state index in [2.05, 4.69) is 169 Å². The molecule has 0 aliphatic heterocycles. The van der Waals surface area contributed by atoms with Crippen LogP contribution in [0.1, 0.15) is 89.5 Å². The molecule has 4 aromatic carbocycles. The molecule has 5 atom stereocenters. The van der Waals surface area contributed by atoms with Crippen LogP contribution in [0.4, 0.5) is 0 Å². The van der Waals surface area contributed by atoms with Gasteiger partial charge in [-0.2, -0.15) is 0 Å². The first-order valence-electron chi connectivity index (χ1n) is 20.4. The van der Waals surface area contributed by atoms with Crippen molar-refractivity contribution in [3.63, 3.8) is 0 Å². The molecule has 5 unspecified atom stereocenters. The molecule has 4 aromatic rings. The molecule has 0 nitrogen and oxygen atoms in total. The summed E-state index contributed by atoms with van der Waals surface area (Å²) < 4.78 is 0. The number of hydrogen-bond donors (Lipinski definition) is 0. The van der Waals surface area contributed by atoms with Gasteiger partial charge >= 0.3 is 0 Å². The van der Waals surface area contributed by atoms with E-state index in [1.165, 1.54) is 70.2 Å². The summed E-state index contributed by atoms with van der Waals surface area (Å²) >= 11 is 19.8. The van der Waals surface area contributed by atoms with E-state index in [0.29, 0.717) is 35.5 Å². The Morgan fingerprint density at radius 2 is 0.909 bits per heavy atom. The molecule has 8 rings (SSSR count). The first kappa shape index (κ1) is 38.6. The van der Waals surface area contributed by atoms with E-state index in [1.54, 1.807) is 0 Å². The average Bonchev–Trinajstić information content (AvgIpc) is 3.81.